The summed E-state index contributed by atoms with van der Waals surface area (Å²) in [4.78, 5) is 48.8. The molecule has 41 heavy (non-hydrogen) atoms. The Morgan fingerprint density at radius 1 is 0.878 bits per heavy atom. The maximum Gasteiger partial charge on any atom is 0.407 e. The largest absolute Gasteiger partial charge is 0.464 e. The first-order valence-electron chi connectivity index (χ1n) is 13.6. The number of carbonyl (C=O) groups is 4. The summed E-state index contributed by atoms with van der Waals surface area (Å²) in [5.74, 6) is -0.755. The Hall–Kier alpha value is -4.70. The Morgan fingerprint density at radius 2 is 1.51 bits per heavy atom. The normalized spacial score (nSPS) is 13.2. The average Bonchev–Trinajstić information content (AvgIpc) is 3.32. The Bertz CT molecular complexity index is 1300. The molecule has 3 amide bonds. The molecule has 1 aliphatic carbocycles. The van der Waals surface area contributed by atoms with Gasteiger partial charge >= 0.3 is 18.1 Å². The van der Waals surface area contributed by atoms with Crippen LogP contribution in [0.2, 0.25) is 0 Å². The molecule has 0 radical (unpaired) electrons. The summed E-state index contributed by atoms with van der Waals surface area (Å²) in [5.41, 5.74) is 10.4. The van der Waals surface area contributed by atoms with Gasteiger partial charge in [-0.05, 0) is 47.6 Å². The number of aldehydes is 1. The number of benzene rings is 3. The monoisotopic (exact) mass is 558 g/mol. The van der Waals surface area contributed by atoms with Crippen molar-refractivity contribution in [2.75, 3.05) is 19.8 Å². The highest BCUT2D eigenvalue weighted by atomic mass is 16.6. The highest BCUT2D eigenvalue weighted by Crippen LogP contribution is 2.44. The van der Waals surface area contributed by atoms with Crippen LogP contribution in [0.1, 0.15) is 36.0 Å². The van der Waals surface area contributed by atoms with Crippen LogP contribution < -0.4 is 21.5 Å². The van der Waals surface area contributed by atoms with Crippen LogP contribution in [-0.2, 0) is 25.5 Å². The first kappa shape index (κ1) is 29.3. The molecular weight excluding hydrogens is 524 g/mol. The SMILES string of the molecule is CCOC(=O)[C@H](CCNC(=O)NN[C@@H](C=O)Cc1ccccc1)NC(=O)OCC1c2ccccc2-c2ccccc21. The molecule has 4 rings (SSSR count). The van der Waals surface area contributed by atoms with E-state index in [1.165, 1.54) is 0 Å². The lowest BCUT2D eigenvalue weighted by Gasteiger charge is -2.19. The lowest BCUT2D eigenvalue weighted by atomic mass is 9.98. The molecule has 0 fully saturated rings. The van der Waals surface area contributed by atoms with Gasteiger partial charge in [-0.15, -0.1) is 0 Å². The topological polar surface area (TPSA) is 135 Å². The first-order valence-corrected chi connectivity index (χ1v) is 13.6. The number of hydrogen-bond acceptors (Lipinski definition) is 7. The van der Waals surface area contributed by atoms with E-state index in [2.05, 4.69) is 21.5 Å². The van der Waals surface area contributed by atoms with Crippen LogP contribution >= 0.6 is 0 Å². The van der Waals surface area contributed by atoms with Crippen molar-refractivity contribution < 1.29 is 28.7 Å². The maximum absolute atomic E-state index is 12.7. The zero-order valence-electron chi connectivity index (χ0n) is 22.8. The van der Waals surface area contributed by atoms with E-state index >= 15 is 0 Å². The second-order valence-electron chi connectivity index (χ2n) is 9.52. The van der Waals surface area contributed by atoms with Crippen LogP contribution in [0.5, 0.6) is 0 Å². The molecule has 0 spiro atoms. The van der Waals surface area contributed by atoms with Crippen LogP contribution in [0.25, 0.3) is 11.1 Å². The van der Waals surface area contributed by atoms with Crippen molar-refractivity contribution in [1.82, 2.24) is 21.5 Å². The minimum absolute atomic E-state index is 0.0467. The van der Waals surface area contributed by atoms with Crippen LogP contribution in [0.4, 0.5) is 9.59 Å². The Kier molecular flexibility index (Phi) is 10.4. The highest BCUT2D eigenvalue weighted by Gasteiger charge is 2.30. The van der Waals surface area contributed by atoms with E-state index in [9.17, 15) is 19.2 Å². The molecular formula is C31H34N4O6. The zero-order chi connectivity index (χ0) is 29.0. The molecule has 0 saturated heterocycles. The van der Waals surface area contributed by atoms with Gasteiger partial charge in [0, 0.05) is 12.5 Å². The molecule has 4 N–H and O–H groups in total. The number of fused-ring (bicyclic) bond motifs is 3. The number of carbonyl (C=O) groups excluding carboxylic acids is 4. The lowest BCUT2D eigenvalue weighted by molar-refractivity contribution is -0.145. The van der Waals surface area contributed by atoms with Gasteiger partial charge < -0.3 is 24.9 Å². The van der Waals surface area contributed by atoms with Gasteiger partial charge in [-0.25, -0.2) is 19.8 Å². The van der Waals surface area contributed by atoms with Gasteiger partial charge in [-0.1, -0.05) is 78.9 Å². The molecule has 0 unspecified atom stereocenters. The van der Waals surface area contributed by atoms with Gasteiger partial charge in [-0.2, -0.15) is 0 Å². The molecule has 3 aromatic carbocycles. The fourth-order valence-electron chi connectivity index (χ4n) is 4.81. The Morgan fingerprint density at radius 3 is 2.15 bits per heavy atom. The van der Waals surface area contributed by atoms with E-state index < -0.39 is 30.2 Å². The average molecular weight is 559 g/mol. The van der Waals surface area contributed by atoms with Crippen molar-refractivity contribution in [3.63, 3.8) is 0 Å². The second kappa shape index (κ2) is 14.6. The number of hydrogen-bond donors (Lipinski definition) is 4. The summed E-state index contributed by atoms with van der Waals surface area (Å²) in [6, 6.07) is 23.2. The smallest absolute Gasteiger partial charge is 0.407 e. The predicted octanol–water partition coefficient (Wildman–Crippen LogP) is 3.46. The molecule has 10 heteroatoms. The van der Waals surface area contributed by atoms with Crippen LogP contribution in [-0.4, -0.2) is 56.2 Å². The van der Waals surface area contributed by atoms with E-state index in [1.54, 1.807) is 6.92 Å². The number of urea groups is 1. The number of esters is 1. The van der Waals surface area contributed by atoms with Crippen molar-refractivity contribution >= 4 is 24.4 Å². The number of nitrogens with one attached hydrogen (secondary N) is 4. The van der Waals surface area contributed by atoms with Gasteiger partial charge in [0.15, 0.2) is 0 Å². The van der Waals surface area contributed by atoms with E-state index in [0.29, 0.717) is 12.7 Å². The van der Waals surface area contributed by atoms with Crippen LogP contribution in [0.15, 0.2) is 78.9 Å². The minimum atomic E-state index is -1.03. The summed E-state index contributed by atoms with van der Waals surface area (Å²) < 4.78 is 10.6. The predicted molar refractivity (Wildman–Crippen MR) is 153 cm³/mol. The summed E-state index contributed by atoms with van der Waals surface area (Å²) >= 11 is 0. The number of rotatable bonds is 13. The first-order chi connectivity index (χ1) is 20.0. The molecule has 0 bridgehead atoms. The second-order valence-corrected chi connectivity index (χ2v) is 9.52. The summed E-state index contributed by atoms with van der Waals surface area (Å²) in [7, 11) is 0. The van der Waals surface area contributed by atoms with E-state index in [0.717, 1.165) is 27.8 Å². The number of amides is 3. The Balaban J connectivity index is 1.25. The van der Waals surface area contributed by atoms with E-state index in [1.807, 2.05) is 78.9 Å². The molecule has 0 aliphatic heterocycles. The number of alkyl carbamates (subject to hydrolysis) is 1. The van der Waals surface area contributed by atoms with Gasteiger partial charge in [0.1, 0.15) is 18.9 Å². The molecule has 214 valence electrons. The summed E-state index contributed by atoms with van der Waals surface area (Å²) in [6.45, 7) is 1.94. The van der Waals surface area contributed by atoms with E-state index in [4.69, 9.17) is 9.47 Å². The number of hydrazine groups is 1. The maximum atomic E-state index is 12.7. The molecule has 0 aromatic heterocycles. The summed E-state index contributed by atoms with van der Waals surface area (Å²) in [6.07, 6.45) is 0.422. The molecule has 3 aromatic rings. The van der Waals surface area contributed by atoms with Crippen molar-refractivity contribution in [2.45, 2.75) is 37.8 Å². The van der Waals surface area contributed by atoms with Crippen LogP contribution in [0.3, 0.4) is 0 Å². The Labute approximate surface area is 238 Å². The van der Waals surface area contributed by atoms with E-state index in [-0.39, 0.29) is 32.1 Å². The zero-order valence-corrected chi connectivity index (χ0v) is 22.8. The fourth-order valence-corrected chi connectivity index (χ4v) is 4.81. The third-order valence-corrected chi connectivity index (χ3v) is 6.76. The minimum Gasteiger partial charge on any atom is -0.464 e. The third-order valence-electron chi connectivity index (χ3n) is 6.76. The third kappa shape index (κ3) is 7.92. The quantitative estimate of drug-likeness (QED) is 0.143. The molecule has 0 saturated carbocycles. The lowest BCUT2D eigenvalue weighted by Crippen LogP contribution is -2.51. The molecule has 0 heterocycles. The van der Waals surface area contributed by atoms with Gasteiger partial charge in [0.05, 0.1) is 12.6 Å². The van der Waals surface area contributed by atoms with Crippen molar-refractivity contribution in [2.24, 2.45) is 0 Å². The fraction of sp³-hybridized carbons (Fsp3) is 0.290. The van der Waals surface area contributed by atoms with Crippen molar-refractivity contribution in [3.05, 3.63) is 95.6 Å². The number of ether oxygens (including phenoxy) is 2. The van der Waals surface area contributed by atoms with Gasteiger partial charge in [0.2, 0.25) is 0 Å². The van der Waals surface area contributed by atoms with Gasteiger partial charge in [-0.3, -0.25) is 5.43 Å². The standard InChI is InChI=1S/C31H34N4O6/c1-2-40-29(37)28(16-17-32-30(38)35-34-22(19-36)18-21-10-4-3-5-11-21)33-31(39)41-20-27-25-14-8-6-12-23(25)24-13-7-9-15-26(24)27/h3-15,19,22,27-28,34H,2,16-18,20H2,1H3,(H,33,39)(H2,32,35,38)/t22-,28+/m1/s1. The van der Waals surface area contributed by atoms with Crippen molar-refractivity contribution in [3.8, 4) is 11.1 Å². The molecule has 1 aliphatic rings. The van der Waals surface area contributed by atoms with Crippen molar-refractivity contribution in [1.29, 1.82) is 0 Å². The highest BCUT2D eigenvalue weighted by molar-refractivity contribution is 5.82. The van der Waals surface area contributed by atoms with Gasteiger partial charge in [0.25, 0.3) is 0 Å². The molecule has 2 atom stereocenters. The van der Waals surface area contributed by atoms with Crippen LogP contribution in [0, 0.1) is 0 Å². The summed E-state index contributed by atoms with van der Waals surface area (Å²) in [5, 5.41) is 5.16. The molecule has 10 nitrogen and oxygen atoms in total.